The fourth-order valence-corrected chi connectivity index (χ4v) is 2.47. The Balaban J connectivity index is 0.00000180. The molecule has 0 bridgehead atoms. The molecule has 1 aromatic carbocycles. The summed E-state index contributed by atoms with van der Waals surface area (Å²) in [5.74, 6) is -0.911. The second kappa shape index (κ2) is 7.10. The smallest absolute Gasteiger partial charge is 0.334 e. The number of morpholine rings is 1. The molecule has 0 radical (unpaired) electrons. The van der Waals surface area contributed by atoms with E-state index in [0.29, 0.717) is 18.2 Å². The second-order valence-electron chi connectivity index (χ2n) is 4.39. The van der Waals surface area contributed by atoms with Gasteiger partial charge in [0.05, 0.1) is 6.61 Å². The van der Waals surface area contributed by atoms with Crippen molar-refractivity contribution < 1.29 is 14.6 Å². The minimum atomic E-state index is -0.911. The van der Waals surface area contributed by atoms with Crippen LogP contribution in [0.1, 0.15) is 18.5 Å². The summed E-state index contributed by atoms with van der Waals surface area (Å²) in [6.45, 7) is 3.58. The molecule has 0 spiro atoms. The van der Waals surface area contributed by atoms with Gasteiger partial charge in [0.1, 0.15) is 0 Å². The molecule has 1 aliphatic heterocycles. The molecular weight excluding hydrogens is 289 g/mol. The van der Waals surface area contributed by atoms with Crippen LogP contribution in [0.3, 0.4) is 0 Å². The summed E-state index contributed by atoms with van der Waals surface area (Å²) < 4.78 is 5.21. The van der Waals surface area contributed by atoms with Gasteiger partial charge in [0, 0.05) is 24.2 Å². The van der Waals surface area contributed by atoms with E-state index in [2.05, 4.69) is 4.90 Å². The Morgan fingerprint density at radius 2 is 2.21 bits per heavy atom. The van der Waals surface area contributed by atoms with Crippen LogP contribution < -0.4 is 0 Å². The Morgan fingerprint density at radius 3 is 2.84 bits per heavy atom. The van der Waals surface area contributed by atoms with E-state index in [1.165, 1.54) is 0 Å². The molecule has 1 fully saturated rings. The van der Waals surface area contributed by atoms with Crippen LogP contribution in [-0.4, -0.2) is 41.8 Å². The molecular formula is C13H17Cl2NO3. The van der Waals surface area contributed by atoms with Gasteiger partial charge in [-0.25, -0.2) is 4.79 Å². The molecule has 1 N–H and O–H groups in total. The van der Waals surface area contributed by atoms with Crippen LogP contribution in [0.2, 0.25) is 5.02 Å². The maximum Gasteiger partial charge on any atom is 0.334 e. The molecule has 0 aromatic heterocycles. The zero-order valence-corrected chi connectivity index (χ0v) is 12.2. The van der Waals surface area contributed by atoms with Crippen molar-refractivity contribution >= 4 is 30.0 Å². The highest BCUT2D eigenvalue weighted by atomic mass is 35.5. The van der Waals surface area contributed by atoms with Gasteiger partial charge in [0.2, 0.25) is 0 Å². The lowest BCUT2D eigenvalue weighted by molar-refractivity contribution is -0.157. The van der Waals surface area contributed by atoms with Gasteiger partial charge >= 0.3 is 5.97 Å². The lowest BCUT2D eigenvalue weighted by atomic mass is 10.1. The molecule has 1 saturated heterocycles. The Hall–Kier alpha value is -0.810. The van der Waals surface area contributed by atoms with E-state index in [1.54, 1.807) is 0 Å². The summed E-state index contributed by atoms with van der Waals surface area (Å²) in [7, 11) is 0. The van der Waals surface area contributed by atoms with E-state index in [0.717, 1.165) is 12.1 Å². The molecule has 4 nitrogen and oxygen atoms in total. The lowest BCUT2D eigenvalue weighted by Gasteiger charge is -2.35. The van der Waals surface area contributed by atoms with Crippen molar-refractivity contribution in [1.82, 2.24) is 4.90 Å². The van der Waals surface area contributed by atoms with E-state index in [9.17, 15) is 4.79 Å². The van der Waals surface area contributed by atoms with Crippen LogP contribution in [0.5, 0.6) is 0 Å². The van der Waals surface area contributed by atoms with Crippen molar-refractivity contribution in [3.05, 3.63) is 34.9 Å². The molecule has 2 rings (SSSR count). The third-order valence-corrected chi connectivity index (χ3v) is 3.62. The van der Waals surface area contributed by atoms with Gasteiger partial charge in [-0.15, -0.1) is 12.4 Å². The molecule has 0 aliphatic carbocycles. The molecule has 6 heteroatoms. The topological polar surface area (TPSA) is 49.8 Å². The molecule has 1 heterocycles. The van der Waals surface area contributed by atoms with Gasteiger partial charge in [-0.3, -0.25) is 4.90 Å². The quantitative estimate of drug-likeness (QED) is 0.932. The second-order valence-corrected chi connectivity index (χ2v) is 4.80. The van der Waals surface area contributed by atoms with Crippen LogP contribution in [0.15, 0.2) is 24.3 Å². The van der Waals surface area contributed by atoms with Gasteiger partial charge in [-0.2, -0.15) is 0 Å². The standard InChI is InChI=1S/C13H16ClNO3.ClH/c1-9(10-4-2-3-5-11(10)14)15-6-7-18-12(8-15)13(16)17;/h2-5,9,12H,6-8H2,1H3,(H,16,17);1H. The van der Waals surface area contributed by atoms with Crippen LogP contribution in [0, 0.1) is 0 Å². The molecule has 1 aromatic rings. The Morgan fingerprint density at radius 1 is 1.53 bits per heavy atom. The minimum Gasteiger partial charge on any atom is -0.479 e. The van der Waals surface area contributed by atoms with Gasteiger partial charge < -0.3 is 9.84 Å². The average Bonchev–Trinajstić information content (AvgIpc) is 2.38. The third-order valence-electron chi connectivity index (χ3n) is 3.28. The van der Waals surface area contributed by atoms with Crippen LogP contribution in [-0.2, 0) is 9.53 Å². The van der Waals surface area contributed by atoms with Crippen molar-refractivity contribution in [2.75, 3.05) is 19.7 Å². The van der Waals surface area contributed by atoms with Crippen LogP contribution in [0.25, 0.3) is 0 Å². The lowest BCUT2D eigenvalue weighted by Crippen LogP contribution is -2.46. The zero-order valence-electron chi connectivity index (χ0n) is 10.6. The summed E-state index contributed by atoms with van der Waals surface area (Å²) in [5.41, 5.74) is 1.02. The number of nitrogens with zero attached hydrogens (tertiary/aromatic N) is 1. The van der Waals surface area contributed by atoms with E-state index >= 15 is 0 Å². The van der Waals surface area contributed by atoms with Gasteiger partial charge in [0.15, 0.2) is 6.10 Å². The first kappa shape index (κ1) is 16.2. The highest BCUT2D eigenvalue weighted by molar-refractivity contribution is 6.31. The summed E-state index contributed by atoms with van der Waals surface area (Å²) in [6, 6.07) is 7.73. The van der Waals surface area contributed by atoms with E-state index in [-0.39, 0.29) is 18.4 Å². The number of hydrogen-bond acceptors (Lipinski definition) is 3. The van der Waals surface area contributed by atoms with Gasteiger partial charge in [-0.05, 0) is 18.6 Å². The van der Waals surface area contributed by atoms with Crippen molar-refractivity contribution in [2.45, 2.75) is 19.1 Å². The first-order valence-corrected chi connectivity index (χ1v) is 6.30. The monoisotopic (exact) mass is 305 g/mol. The maximum absolute atomic E-state index is 10.9. The number of hydrogen-bond donors (Lipinski definition) is 1. The van der Waals surface area contributed by atoms with Gasteiger partial charge in [-0.1, -0.05) is 29.8 Å². The molecule has 1 aliphatic rings. The number of carbonyl (C=O) groups is 1. The zero-order chi connectivity index (χ0) is 13.1. The average molecular weight is 306 g/mol. The van der Waals surface area contributed by atoms with E-state index < -0.39 is 12.1 Å². The van der Waals surface area contributed by atoms with E-state index in [1.807, 2.05) is 31.2 Å². The SMILES string of the molecule is CC(c1ccccc1Cl)N1CCOC(C(=O)O)C1.Cl. The minimum absolute atomic E-state index is 0. The normalized spacial score (nSPS) is 21.5. The molecule has 19 heavy (non-hydrogen) atoms. The number of ether oxygens (including phenoxy) is 1. The Kier molecular flexibility index (Phi) is 6.07. The number of benzene rings is 1. The third kappa shape index (κ3) is 3.83. The molecule has 2 atom stereocenters. The first-order chi connectivity index (χ1) is 8.59. The van der Waals surface area contributed by atoms with E-state index in [4.69, 9.17) is 21.4 Å². The largest absolute Gasteiger partial charge is 0.479 e. The Bertz CT molecular complexity index is 442. The predicted molar refractivity (Wildman–Crippen MR) is 76.1 cm³/mol. The number of aliphatic carboxylic acids is 1. The number of carboxylic acids is 1. The number of halogens is 2. The molecule has 0 saturated carbocycles. The van der Waals surface area contributed by atoms with Crippen molar-refractivity contribution in [2.24, 2.45) is 0 Å². The highest BCUT2D eigenvalue weighted by Crippen LogP contribution is 2.28. The molecule has 106 valence electrons. The van der Waals surface area contributed by atoms with Gasteiger partial charge in [0.25, 0.3) is 0 Å². The molecule has 2 unspecified atom stereocenters. The number of rotatable bonds is 3. The van der Waals surface area contributed by atoms with Crippen molar-refractivity contribution in [1.29, 1.82) is 0 Å². The fourth-order valence-electron chi connectivity index (χ4n) is 2.18. The molecule has 0 amide bonds. The fraction of sp³-hybridized carbons (Fsp3) is 0.462. The predicted octanol–water partition coefficient (Wildman–Crippen LogP) is 2.61. The number of carboxylic acid groups (broad SMARTS) is 1. The summed E-state index contributed by atoms with van der Waals surface area (Å²) in [4.78, 5) is 13.0. The van der Waals surface area contributed by atoms with Crippen molar-refractivity contribution in [3.63, 3.8) is 0 Å². The van der Waals surface area contributed by atoms with Crippen LogP contribution in [0.4, 0.5) is 0 Å². The first-order valence-electron chi connectivity index (χ1n) is 5.92. The highest BCUT2D eigenvalue weighted by Gasteiger charge is 2.29. The summed E-state index contributed by atoms with van der Waals surface area (Å²) in [5, 5.41) is 9.70. The van der Waals surface area contributed by atoms with Crippen molar-refractivity contribution in [3.8, 4) is 0 Å². The Labute approximate surface area is 123 Å². The summed E-state index contributed by atoms with van der Waals surface area (Å²) >= 11 is 6.16. The van der Waals surface area contributed by atoms with Crippen LogP contribution >= 0.6 is 24.0 Å². The maximum atomic E-state index is 10.9. The summed E-state index contributed by atoms with van der Waals surface area (Å²) in [6.07, 6.45) is -0.747.